The van der Waals surface area contributed by atoms with Gasteiger partial charge in [0, 0.05) is 12.6 Å². The molecule has 1 N–H and O–H groups in total. The number of nitrogens with zero attached hydrogens (tertiary/aromatic N) is 2. The molecule has 43 heavy (non-hydrogen) atoms. The first-order valence-electron chi connectivity index (χ1n) is 15.3. The minimum atomic E-state index is -4.10. The summed E-state index contributed by atoms with van der Waals surface area (Å²) < 4.78 is 29.4. The second-order valence-electron chi connectivity index (χ2n) is 12.0. The van der Waals surface area contributed by atoms with Gasteiger partial charge in [-0.25, -0.2) is 8.42 Å². The molecule has 3 aromatic carbocycles. The smallest absolute Gasteiger partial charge is 0.264 e. The molecule has 1 atom stereocenters. The highest BCUT2D eigenvalue weighted by Crippen LogP contribution is 2.27. The van der Waals surface area contributed by atoms with E-state index >= 15 is 0 Å². The third-order valence-electron chi connectivity index (χ3n) is 8.30. The molecule has 0 heterocycles. The molecule has 0 aliphatic heterocycles. The van der Waals surface area contributed by atoms with Gasteiger partial charge in [0.05, 0.1) is 10.6 Å². The van der Waals surface area contributed by atoms with Crippen LogP contribution in [-0.4, -0.2) is 43.8 Å². The van der Waals surface area contributed by atoms with Gasteiger partial charge in [-0.15, -0.1) is 0 Å². The highest BCUT2D eigenvalue weighted by Gasteiger charge is 2.34. The Labute approximate surface area is 257 Å². The summed E-state index contributed by atoms with van der Waals surface area (Å²) in [6.45, 7) is 9.69. The number of sulfonamides is 1. The fourth-order valence-electron chi connectivity index (χ4n) is 5.57. The van der Waals surface area contributed by atoms with Gasteiger partial charge in [0.15, 0.2) is 0 Å². The van der Waals surface area contributed by atoms with Crippen LogP contribution in [-0.2, 0) is 26.2 Å². The molecule has 7 nitrogen and oxygen atoms in total. The van der Waals surface area contributed by atoms with E-state index in [1.54, 1.807) is 41.3 Å². The average Bonchev–Trinajstić information content (AvgIpc) is 3.50. The van der Waals surface area contributed by atoms with Gasteiger partial charge in [0.25, 0.3) is 10.0 Å². The molecule has 0 spiro atoms. The number of nitrogens with one attached hydrogen (secondary N) is 1. The zero-order chi connectivity index (χ0) is 31.1. The first kappa shape index (κ1) is 32.3. The molecule has 0 radical (unpaired) electrons. The summed E-state index contributed by atoms with van der Waals surface area (Å²) in [6, 6.07) is 21.2. The van der Waals surface area contributed by atoms with Gasteiger partial charge in [-0.3, -0.25) is 13.9 Å². The third kappa shape index (κ3) is 8.05. The predicted octanol–water partition coefficient (Wildman–Crippen LogP) is 6.49. The van der Waals surface area contributed by atoms with Gasteiger partial charge >= 0.3 is 0 Å². The zero-order valence-corrected chi connectivity index (χ0v) is 26.9. The number of carbonyl (C=O) groups excluding carboxylic acids is 2. The molecule has 8 heteroatoms. The van der Waals surface area contributed by atoms with Crippen molar-refractivity contribution in [2.45, 2.75) is 96.2 Å². The predicted molar refractivity (Wildman–Crippen MR) is 172 cm³/mol. The summed E-state index contributed by atoms with van der Waals surface area (Å²) in [7, 11) is -4.10. The second-order valence-corrected chi connectivity index (χ2v) is 13.9. The molecular weight excluding hydrogens is 558 g/mol. The second kappa shape index (κ2) is 14.2. The van der Waals surface area contributed by atoms with Gasteiger partial charge in [-0.2, -0.15) is 0 Å². The fourth-order valence-corrected chi connectivity index (χ4v) is 6.98. The van der Waals surface area contributed by atoms with E-state index in [4.69, 9.17) is 0 Å². The van der Waals surface area contributed by atoms with Crippen molar-refractivity contribution in [3.63, 3.8) is 0 Å². The monoisotopic (exact) mass is 603 g/mol. The summed E-state index contributed by atoms with van der Waals surface area (Å²) in [4.78, 5) is 29.5. The lowest BCUT2D eigenvalue weighted by molar-refractivity contribution is -0.140. The fraction of sp³-hybridized carbons (Fsp3) is 0.429. The molecule has 1 fully saturated rings. The molecule has 2 amide bonds. The lowest BCUT2D eigenvalue weighted by atomic mass is 10.0. The number of hydrogen-bond acceptors (Lipinski definition) is 4. The highest BCUT2D eigenvalue weighted by molar-refractivity contribution is 7.92. The molecule has 1 aliphatic rings. The summed E-state index contributed by atoms with van der Waals surface area (Å²) in [6.07, 6.45) is 4.43. The number of anilines is 1. The van der Waals surface area contributed by atoms with E-state index in [1.807, 2.05) is 57.2 Å². The van der Waals surface area contributed by atoms with Gasteiger partial charge in [-0.1, -0.05) is 93.3 Å². The summed E-state index contributed by atoms with van der Waals surface area (Å²) in [5.74, 6) is -0.353. The van der Waals surface area contributed by atoms with Gasteiger partial charge < -0.3 is 10.2 Å². The molecule has 1 saturated carbocycles. The number of amides is 2. The topological polar surface area (TPSA) is 86.8 Å². The van der Waals surface area contributed by atoms with Crippen LogP contribution in [0.2, 0.25) is 0 Å². The SMILES string of the molecule is CC[C@H](C(=O)NC1CCCC1)N(Cc1ccc(C)cc1)C(=O)CN(c1ccc(C(C)C)cc1)S(=O)(=O)c1ccc(C)cc1. The van der Waals surface area contributed by atoms with Crippen LogP contribution in [0.5, 0.6) is 0 Å². The molecule has 0 bridgehead atoms. The summed E-state index contributed by atoms with van der Waals surface area (Å²) in [5, 5.41) is 3.16. The number of benzene rings is 3. The van der Waals surface area contributed by atoms with Crippen LogP contribution in [0.3, 0.4) is 0 Å². The van der Waals surface area contributed by atoms with E-state index in [2.05, 4.69) is 19.2 Å². The largest absolute Gasteiger partial charge is 0.352 e. The van der Waals surface area contributed by atoms with Crippen molar-refractivity contribution in [3.05, 3.63) is 95.1 Å². The van der Waals surface area contributed by atoms with E-state index < -0.39 is 28.5 Å². The molecule has 1 aliphatic carbocycles. The maximum atomic E-state index is 14.3. The van der Waals surface area contributed by atoms with E-state index in [0.717, 1.165) is 47.9 Å². The number of rotatable bonds is 12. The first-order chi connectivity index (χ1) is 20.5. The van der Waals surface area contributed by atoms with Crippen molar-refractivity contribution >= 4 is 27.5 Å². The van der Waals surface area contributed by atoms with Gasteiger partial charge in [0.2, 0.25) is 11.8 Å². The van der Waals surface area contributed by atoms with Crippen molar-refractivity contribution in [1.29, 1.82) is 0 Å². The maximum absolute atomic E-state index is 14.3. The Morgan fingerprint density at radius 2 is 1.42 bits per heavy atom. The molecule has 230 valence electrons. The van der Waals surface area contributed by atoms with Crippen LogP contribution in [0, 0.1) is 13.8 Å². The lowest BCUT2D eigenvalue weighted by Gasteiger charge is -2.34. The van der Waals surface area contributed by atoms with Crippen LogP contribution >= 0.6 is 0 Å². The normalized spacial score (nSPS) is 14.5. The van der Waals surface area contributed by atoms with Crippen molar-refractivity contribution in [1.82, 2.24) is 10.2 Å². The van der Waals surface area contributed by atoms with Crippen molar-refractivity contribution < 1.29 is 18.0 Å². The minimum Gasteiger partial charge on any atom is -0.352 e. The Kier molecular flexibility index (Phi) is 10.7. The van der Waals surface area contributed by atoms with E-state index in [9.17, 15) is 18.0 Å². The molecule has 0 saturated heterocycles. The van der Waals surface area contributed by atoms with Crippen molar-refractivity contribution in [3.8, 4) is 0 Å². The Balaban J connectivity index is 1.72. The molecule has 3 aromatic rings. The number of carbonyl (C=O) groups is 2. The van der Waals surface area contributed by atoms with Crippen LogP contribution in [0.4, 0.5) is 5.69 Å². The third-order valence-corrected chi connectivity index (χ3v) is 10.1. The summed E-state index contributed by atoms with van der Waals surface area (Å²) >= 11 is 0. The Morgan fingerprint density at radius 1 is 0.860 bits per heavy atom. The van der Waals surface area contributed by atoms with Crippen molar-refractivity contribution in [2.75, 3.05) is 10.8 Å². The van der Waals surface area contributed by atoms with Crippen molar-refractivity contribution in [2.24, 2.45) is 0 Å². The number of aryl methyl sites for hydroxylation is 2. The van der Waals surface area contributed by atoms with Gasteiger partial charge in [0.1, 0.15) is 12.6 Å². The molecule has 4 rings (SSSR count). The Hall–Kier alpha value is -3.65. The molecule has 0 unspecified atom stereocenters. The van der Waals surface area contributed by atoms with E-state index in [0.29, 0.717) is 12.1 Å². The standard InChI is InChI=1S/C35H45N3O4S/c1-6-33(35(40)36-30-9-7-8-10-30)37(23-28-15-11-26(4)12-16-28)34(39)24-38(31-19-17-29(18-20-31)25(2)3)43(41,42)32-21-13-27(5)14-22-32/h11-22,25,30,33H,6-10,23-24H2,1-5H3,(H,36,40)/t33-/m1/s1. The maximum Gasteiger partial charge on any atom is 0.264 e. The molecular formula is C35H45N3O4S. The minimum absolute atomic E-state index is 0.106. The Bertz CT molecular complexity index is 1480. The van der Waals surface area contributed by atoms with Crippen LogP contribution in [0.1, 0.15) is 81.0 Å². The highest BCUT2D eigenvalue weighted by atomic mass is 32.2. The first-order valence-corrected chi connectivity index (χ1v) is 16.8. The van der Waals surface area contributed by atoms with Crippen LogP contribution in [0.25, 0.3) is 0 Å². The van der Waals surface area contributed by atoms with E-state index in [1.165, 1.54) is 4.31 Å². The zero-order valence-electron chi connectivity index (χ0n) is 26.0. The average molecular weight is 604 g/mol. The summed E-state index contributed by atoms with van der Waals surface area (Å²) in [5.41, 5.74) is 4.37. The quantitative estimate of drug-likeness (QED) is 0.257. The van der Waals surface area contributed by atoms with Crippen LogP contribution < -0.4 is 9.62 Å². The van der Waals surface area contributed by atoms with Gasteiger partial charge in [-0.05, 0) is 74.4 Å². The van der Waals surface area contributed by atoms with Crippen LogP contribution in [0.15, 0.2) is 77.7 Å². The van der Waals surface area contributed by atoms with E-state index in [-0.39, 0.29) is 29.3 Å². The number of hydrogen-bond donors (Lipinski definition) is 1. The lowest BCUT2D eigenvalue weighted by Crippen LogP contribution is -2.53. The molecule has 0 aromatic heterocycles. The Morgan fingerprint density at radius 3 is 1.95 bits per heavy atom.